The minimum Gasteiger partial charge on any atom is -0.494 e. The smallest absolute Gasteiger partial charge is 0.416 e. The van der Waals surface area contributed by atoms with Crippen molar-refractivity contribution in [3.05, 3.63) is 99.3 Å². The summed E-state index contributed by atoms with van der Waals surface area (Å²) in [6.07, 6.45) is 0.546. The highest BCUT2D eigenvalue weighted by atomic mass is 19.4. The number of hydrogen-bond donors (Lipinski definition) is 2. The molecule has 200 valence electrons. The molecule has 0 atom stereocenters. The second-order valence-corrected chi connectivity index (χ2v) is 9.54. The zero-order valence-corrected chi connectivity index (χ0v) is 21.2. The number of halogens is 3. The molecule has 0 spiro atoms. The van der Waals surface area contributed by atoms with Gasteiger partial charge in [0.15, 0.2) is 0 Å². The van der Waals surface area contributed by atoms with Crippen molar-refractivity contribution >= 4 is 40.5 Å². The minimum absolute atomic E-state index is 0.297. The molecule has 0 aliphatic carbocycles. The number of aromatic amines is 1. The van der Waals surface area contributed by atoms with E-state index in [2.05, 4.69) is 26.8 Å². The van der Waals surface area contributed by atoms with E-state index in [-0.39, 0.29) is 5.88 Å². The Balaban J connectivity index is 1.40. The Bertz CT molecular complexity index is 1580. The van der Waals surface area contributed by atoms with E-state index < -0.39 is 17.3 Å². The van der Waals surface area contributed by atoms with Gasteiger partial charge in [-0.05, 0) is 66.7 Å². The lowest BCUT2D eigenvalue weighted by Crippen LogP contribution is -2.44. The number of anilines is 1. The van der Waals surface area contributed by atoms with Gasteiger partial charge in [-0.3, -0.25) is 14.8 Å². The van der Waals surface area contributed by atoms with Gasteiger partial charge in [0.25, 0.3) is 5.56 Å². The Labute approximate surface area is 223 Å². The molecular formula is C30H27F3N4O2. The van der Waals surface area contributed by atoms with Crippen LogP contribution in [-0.4, -0.2) is 54.4 Å². The van der Waals surface area contributed by atoms with Gasteiger partial charge < -0.3 is 14.9 Å². The summed E-state index contributed by atoms with van der Waals surface area (Å²) in [5.74, 6) is -0.297. The fourth-order valence-electron chi connectivity index (χ4n) is 4.52. The largest absolute Gasteiger partial charge is 0.494 e. The molecule has 5 rings (SSSR count). The third-order valence-corrected chi connectivity index (χ3v) is 6.83. The van der Waals surface area contributed by atoms with Gasteiger partial charge in [0, 0.05) is 48.9 Å². The second kappa shape index (κ2) is 10.8. The highest BCUT2D eigenvalue weighted by molar-refractivity contribution is 6.02. The lowest BCUT2D eigenvalue weighted by atomic mass is 10.0. The summed E-state index contributed by atoms with van der Waals surface area (Å²) in [4.78, 5) is 24.1. The number of benzene rings is 3. The average Bonchev–Trinajstić information content (AvgIpc) is 2.92. The first-order valence-corrected chi connectivity index (χ1v) is 12.5. The maximum Gasteiger partial charge on any atom is 0.416 e. The Hall–Kier alpha value is -4.37. The molecule has 2 N–H and O–H groups in total. The molecular weight excluding hydrogens is 505 g/mol. The van der Waals surface area contributed by atoms with Crippen LogP contribution in [0.25, 0.3) is 22.9 Å². The number of nitrogens with one attached hydrogen (secondary N) is 1. The second-order valence-electron chi connectivity index (χ2n) is 9.54. The van der Waals surface area contributed by atoms with E-state index in [1.165, 1.54) is 18.3 Å². The van der Waals surface area contributed by atoms with Crippen LogP contribution < -0.4 is 10.5 Å². The number of nitrogens with zero attached hydrogens (tertiary/aromatic N) is 3. The molecule has 1 aliphatic heterocycles. The summed E-state index contributed by atoms with van der Waals surface area (Å²) in [6.45, 7) is 3.96. The number of H-pyrrole nitrogens is 1. The number of hydrogen-bond acceptors (Lipinski definition) is 5. The molecule has 1 aliphatic rings. The number of alkyl halides is 3. The normalized spacial score (nSPS) is 15.1. The fourth-order valence-corrected chi connectivity index (χ4v) is 4.52. The number of fused-ring (bicyclic) bond motifs is 1. The number of likely N-dealkylation sites (N-methyl/N-ethyl adjacent to an activating group) is 1. The van der Waals surface area contributed by atoms with E-state index in [1.54, 1.807) is 30.4 Å². The van der Waals surface area contributed by atoms with Crippen LogP contribution in [0.1, 0.15) is 22.3 Å². The van der Waals surface area contributed by atoms with Crippen molar-refractivity contribution in [1.29, 1.82) is 0 Å². The van der Waals surface area contributed by atoms with Gasteiger partial charge in [0.05, 0.1) is 16.8 Å². The molecule has 4 aromatic rings. The van der Waals surface area contributed by atoms with Gasteiger partial charge in [-0.1, -0.05) is 30.4 Å². The lowest BCUT2D eigenvalue weighted by Gasteiger charge is -2.34. The molecule has 0 amide bonds. The summed E-state index contributed by atoms with van der Waals surface area (Å²) < 4.78 is 38.5. The Morgan fingerprint density at radius 2 is 1.51 bits per heavy atom. The van der Waals surface area contributed by atoms with E-state index in [4.69, 9.17) is 0 Å². The van der Waals surface area contributed by atoms with Crippen molar-refractivity contribution in [2.75, 3.05) is 38.1 Å². The molecule has 6 nitrogen and oxygen atoms in total. The van der Waals surface area contributed by atoms with Crippen molar-refractivity contribution in [2.45, 2.75) is 6.18 Å². The summed E-state index contributed by atoms with van der Waals surface area (Å²) in [6, 6.07) is 17.8. The topological polar surface area (TPSA) is 71.9 Å². The van der Waals surface area contributed by atoms with Crippen LogP contribution >= 0.6 is 0 Å². The van der Waals surface area contributed by atoms with Crippen LogP contribution in [0.3, 0.4) is 0 Å². The van der Waals surface area contributed by atoms with Crippen molar-refractivity contribution in [1.82, 2.24) is 9.88 Å². The van der Waals surface area contributed by atoms with Crippen molar-refractivity contribution in [2.24, 2.45) is 4.99 Å². The summed E-state index contributed by atoms with van der Waals surface area (Å²) in [5, 5.41) is 11.4. The average molecular weight is 533 g/mol. The predicted molar refractivity (Wildman–Crippen MR) is 150 cm³/mol. The van der Waals surface area contributed by atoms with Gasteiger partial charge in [0.1, 0.15) is 0 Å². The Morgan fingerprint density at radius 3 is 2.18 bits per heavy atom. The maximum absolute atomic E-state index is 12.8. The molecule has 1 saturated heterocycles. The van der Waals surface area contributed by atoms with Crippen LogP contribution in [0.5, 0.6) is 5.88 Å². The zero-order chi connectivity index (χ0) is 27.6. The summed E-state index contributed by atoms with van der Waals surface area (Å²) >= 11 is 0. The van der Waals surface area contributed by atoms with Crippen molar-refractivity contribution < 1.29 is 18.3 Å². The highest BCUT2D eigenvalue weighted by Gasteiger charge is 2.29. The fraction of sp³-hybridized carbons (Fsp3) is 0.200. The quantitative estimate of drug-likeness (QED) is 0.247. The number of aromatic hydroxyl groups is 1. The molecule has 1 aromatic heterocycles. The first kappa shape index (κ1) is 26.2. The Morgan fingerprint density at radius 1 is 0.872 bits per heavy atom. The molecule has 0 radical (unpaired) electrons. The number of pyridine rings is 1. The number of aromatic nitrogens is 1. The number of aliphatic imine (C=N–C) groups is 1. The minimum atomic E-state index is -4.39. The van der Waals surface area contributed by atoms with Crippen LogP contribution in [0.2, 0.25) is 0 Å². The van der Waals surface area contributed by atoms with E-state index in [0.29, 0.717) is 33.2 Å². The molecule has 2 heterocycles. The first-order valence-electron chi connectivity index (χ1n) is 12.5. The first-order chi connectivity index (χ1) is 18.7. The van der Waals surface area contributed by atoms with Crippen molar-refractivity contribution in [3.63, 3.8) is 0 Å². The monoisotopic (exact) mass is 532 g/mol. The van der Waals surface area contributed by atoms with E-state index in [9.17, 15) is 23.1 Å². The van der Waals surface area contributed by atoms with Crippen molar-refractivity contribution in [3.8, 4) is 5.88 Å². The summed E-state index contributed by atoms with van der Waals surface area (Å²) in [5.41, 5.74) is 2.34. The number of rotatable bonds is 5. The third kappa shape index (κ3) is 6.04. The van der Waals surface area contributed by atoms with Gasteiger partial charge in [-0.15, -0.1) is 0 Å². The zero-order valence-electron chi connectivity index (χ0n) is 21.2. The third-order valence-electron chi connectivity index (χ3n) is 6.83. The van der Waals surface area contributed by atoms with Gasteiger partial charge in [0.2, 0.25) is 5.88 Å². The van der Waals surface area contributed by atoms with E-state index >= 15 is 0 Å². The van der Waals surface area contributed by atoms with Gasteiger partial charge >= 0.3 is 6.18 Å². The van der Waals surface area contributed by atoms with E-state index in [1.807, 2.05) is 24.3 Å². The molecule has 39 heavy (non-hydrogen) atoms. The van der Waals surface area contributed by atoms with E-state index in [0.717, 1.165) is 44.0 Å². The van der Waals surface area contributed by atoms with Crippen LogP contribution in [-0.2, 0) is 6.18 Å². The van der Waals surface area contributed by atoms with Crippen LogP contribution in [0.4, 0.5) is 24.5 Å². The summed E-state index contributed by atoms with van der Waals surface area (Å²) in [7, 11) is 2.11. The van der Waals surface area contributed by atoms with Crippen LogP contribution in [0, 0.1) is 0 Å². The van der Waals surface area contributed by atoms with Gasteiger partial charge in [-0.2, -0.15) is 13.2 Å². The molecule has 0 saturated carbocycles. The van der Waals surface area contributed by atoms with Gasteiger partial charge in [-0.25, -0.2) is 0 Å². The SMILES string of the molecule is CN1CCN(c2ccc(N=Cc3c(O)[nH]c(=O)c4ccc(C=Cc5ccc(C(F)(F)F)cc5)cc34)cc2)CC1. The molecule has 1 fully saturated rings. The molecule has 0 bridgehead atoms. The molecule has 3 aromatic carbocycles. The standard InChI is InChI=1S/C30H27F3N4O2/c1-36-14-16-37(17-15-36)24-11-9-23(10-12-24)34-19-27-26-18-21(6-13-25(26)28(38)35-29(27)39)3-2-20-4-7-22(8-5-20)30(31,32)33/h2-13,18-19H,14-17H2,1H3,(H2,35,38,39). The highest BCUT2D eigenvalue weighted by Crippen LogP contribution is 2.30. The lowest BCUT2D eigenvalue weighted by molar-refractivity contribution is -0.137. The molecule has 0 unspecified atom stereocenters. The maximum atomic E-state index is 12.8. The van der Waals surface area contributed by atoms with Crippen LogP contribution in [0.15, 0.2) is 76.5 Å². The Kier molecular flexibility index (Phi) is 7.26. The number of piperazine rings is 1. The molecule has 9 heteroatoms. The predicted octanol–water partition coefficient (Wildman–Crippen LogP) is 5.93.